The van der Waals surface area contributed by atoms with E-state index < -0.39 is 23.8 Å². The van der Waals surface area contributed by atoms with Crippen LogP contribution in [0.25, 0.3) is 17.6 Å². The zero-order chi connectivity index (χ0) is 18.8. The lowest BCUT2D eigenvalue weighted by Gasteiger charge is -2.11. The van der Waals surface area contributed by atoms with E-state index in [9.17, 15) is 22.4 Å². The van der Waals surface area contributed by atoms with Gasteiger partial charge in [0.1, 0.15) is 17.0 Å². The summed E-state index contributed by atoms with van der Waals surface area (Å²) in [5.74, 6) is -0.741. The van der Waals surface area contributed by atoms with E-state index >= 15 is 0 Å². The van der Waals surface area contributed by atoms with Gasteiger partial charge in [0, 0.05) is 12.0 Å². The number of nitrogens with two attached hydrogens (primary N) is 1. The third kappa shape index (κ3) is 5.12. The first-order valence-corrected chi connectivity index (χ1v) is 7.79. The summed E-state index contributed by atoms with van der Waals surface area (Å²) < 4.78 is 53.5. The second-order valence-corrected chi connectivity index (χ2v) is 6.15. The number of hydrogen-bond acceptors (Lipinski definition) is 3. The molecule has 0 saturated heterocycles. The summed E-state index contributed by atoms with van der Waals surface area (Å²) in [6.45, 7) is 1.26. The molecule has 25 heavy (non-hydrogen) atoms. The van der Waals surface area contributed by atoms with Gasteiger partial charge in [-0.3, -0.25) is 4.79 Å². The van der Waals surface area contributed by atoms with Crippen LogP contribution in [0, 0.1) is 0 Å². The molecule has 0 aliphatic rings. The normalized spacial score (nSPS) is 13.8. The van der Waals surface area contributed by atoms with Crippen molar-refractivity contribution in [1.82, 2.24) is 14.8 Å². The standard InChI is InChI=1S/C15H13BrF4N4O/c1-8(17)2-9-3-10(5-11(4-9)15(18,19)20)14-22-7-24(23-14)6-12(16)13(21)25/h3-8H,2H2,1H3,(H2,21,25)/b12-6-. The lowest BCUT2D eigenvalue weighted by Crippen LogP contribution is -2.10. The van der Waals surface area contributed by atoms with Gasteiger partial charge in [-0.05, 0) is 46.6 Å². The molecule has 2 N–H and O–H groups in total. The van der Waals surface area contributed by atoms with E-state index in [0.717, 1.165) is 16.8 Å². The van der Waals surface area contributed by atoms with Gasteiger partial charge in [-0.15, -0.1) is 5.10 Å². The van der Waals surface area contributed by atoms with Crippen molar-refractivity contribution in [2.24, 2.45) is 5.73 Å². The van der Waals surface area contributed by atoms with Crippen LogP contribution in [0.15, 0.2) is 29.0 Å². The minimum atomic E-state index is -4.58. The van der Waals surface area contributed by atoms with E-state index in [-0.39, 0.29) is 27.9 Å². The third-order valence-electron chi connectivity index (χ3n) is 3.08. The average Bonchev–Trinajstić information content (AvgIpc) is 2.93. The molecule has 0 radical (unpaired) electrons. The fraction of sp³-hybridized carbons (Fsp3) is 0.267. The van der Waals surface area contributed by atoms with Gasteiger partial charge in [0.05, 0.1) is 11.8 Å². The summed E-state index contributed by atoms with van der Waals surface area (Å²) in [5.41, 5.74) is 4.42. The molecular weight excluding hydrogens is 408 g/mol. The Balaban J connectivity index is 2.46. The predicted molar refractivity (Wildman–Crippen MR) is 87.1 cm³/mol. The largest absolute Gasteiger partial charge is 0.416 e. The van der Waals surface area contributed by atoms with Crippen LogP contribution in [0.4, 0.5) is 17.6 Å². The Morgan fingerprint density at radius 3 is 2.64 bits per heavy atom. The highest BCUT2D eigenvalue weighted by atomic mass is 79.9. The first-order chi connectivity index (χ1) is 11.6. The number of carbonyl (C=O) groups is 1. The third-order valence-corrected chi connectivity index (χ3v) is 3.68. The topological polar surface area (TPSA) is 73.8 Å². The van der Waals surface area contributed by atoms with Crippen LogP contribution in [0.5, 0.6) is 0 Å². The summed E-state index contributed by atoms with van der Waals surface area (Å²) in [7, 11) is 0. The molecule has 1 unspecified atom stereocenters. The molecule has 1 aromatic carbocycles. The van der Waals surface area contributed by atoms with Crippen LogP contribution in [0.1, 0.15) is 18.1 Å². The molecule has 10 heteroatoms. The van der Waals surface area contributed by atoms with Crippen molar-refractivity contribution in [3.63, 3.8) is 0 Å². The fourth-order valence-electron chi connectivity index (χ4n) is 2.08. The van der Waals surface area contributed by atoms with Gasteiger partial charge in [0.15, 0.2) is 5.82 Å². The molecule has 134 valence electrons. The molecule has 2 aromatic rings. The first-order valence-electron chi connectivity index (χ1n) is 7.00. The highest BCUT2D eigenvalue weighted by molar-refractivity contribution is 9.12. The van der Waals surface area contributed by atoms with Crippen molar-refractivity contribution in [1.29, 1.82) is 0 Å². The maximum absolute atomic E-state index is 13.2. The van der Waals surface area contributed by atoms with E-state index in [1.165, 1.54) is 25.5 Å². The summed E-state index contributed by atoms with van der Waals surface area (Å²) in [6.07, 6.45) is -3.61. The molecule has 1 aromatic heterocycles. The molecule has 0 spiro atoms. The number of hydrogen-bond donors (Lipinski definition) is 1. The van der Waals surface area contributed by atoms with E-state index in [4.69, 9.17) is 5.73 Å². The molecule has 2 rings (SSSR count). The monoisotopic (exact) mass is 420 g/mol. The zero-order valence-electron chi connectivity index (χ0n) is 12.9. The Labute approximate surface area is 148 Å². The lowest BCUT2D eigenvalue weighted by molar-refractivity contribution is -0.137. The minimum Gasteiger partial charge on any atom is -0.365 e. The van der Waals surface area contributed by atoms with Crippen molar-refractivity contribution >= 4 is 28.0 Å². The van der Waals surface area contributed by atoms with Crippen LogP contribution < -0.4 is 5.73 Å². The maximum Gasteiger partial charge on any atom is 0.416 e. The maximum atomic E-state index is 13.2. The minimum absolute atomic E-state index is 0.000110. The van der Waals surface area contributed by atoms with Crippen LogP contribution in [0.3, 0.4) is 0 Å². The molecule has 0 fully saturated rings. The molecule has 1 heterocycles. The quantitative estimate of drug-likeness (QED) is 0.593. The van der Waals surface area contributed by atoms with Crippen molar-refractivity contribution in [2.75, 3.05) is 0 Å². The molecule has 0 bridgehead atoms. The summed E-state index contributed by atoms with van der Waals surface area (Å²) in [4.78, 5) is 14.9. The summed E-state index contributed by atoms with van der Waals surface area (Å²) >= 11 is 2.93. The molecular formula is C15H13BrF4N4O. The number of amides is 1. The van der Waals surface area contributed by atoms with Crippen molar-refractivity contribution in [2.45, 2.75) is 25.7 Å². The summed E-state index contributed by atoms with van der Waals surface area (Å²) in [6, 6.07) is 3.19. The lowest BCUT2D eigenvalue weighted by atomic mass is 10.0. The average molecular weight is 421 g/mol. The highest BCUT2D eigenvalue weighted by Gasteiger charge is 2.31. The molecule has 1 amide bonds. The van der Waals surface area contributed by atoms with Crippen molar-refractivity contribution in [3.05, 3.63) is 40.1 Å². The van der Waals surface area contributed by atoms with Crippen LogP contribution in [-0.4, -0.2) is 26.8 Å². The Morgan fingerprint density at radius 2 is 2.08 bits per heavy atom. The van der Waals surface area contributed by atoms with Crippen LogP contribution in [-0.2, 0) is 17.4 Å². The number of primary amides is 1. The van der Waals surface area contributed by atoms with E-state index in [2.05, 4.69) is 26.0 Å². The van der Waals surface area contributed by atoms with Crippen LogP contribution in [0.2, 0.25) is 0 Å². The number of carbonyl (C=O) groups excluding carboxylic acids is 1. The molecule has 0 saturated carbocycles. The van der Waals surface area contributed by atoms with Gasteiger partial charge in [-0.1, -0.05) is 0 Å². The van der Waals surface area contributed by atoms with Gasteiger partial charge in [0.2, 0.25) is 0 Å². The second kappa shape index (κ2) is 7.34. The number of benzene rings is 1. The molecule has 1 atom stereocenters. The van der Waals surface area contributed by atoms with E-state index in [1.54, 1.807) is 0 Å². The highest BCUT2D eigenvalue weighted by Crippen LogP contribution is 2.33. The Kier molecular flexibility index (Phi) is 5.61. The number of nitrogens with zero attached hydrogens (tertiary/aromatic N) is 3. The van der Waals surface area contributed by atoms with Gasteiger partial charge >= 0.3 is 6.18 Å². The Hall–Kier alpha value is -2.23. The number of alkyl halides is 4. The smallest absolute Gasteiger partial charge is 0.365 e. The predicted octanol–water partition coefficient (Wildman–Crippen LogP) is 3.54. The fourth-order valence-corrected chi connectivity index (χ4v) is 2.29. The SMILES string of the molecule is CC(F)Cc1cc(-c2ncn(/C=C(\Br)C(N)=O)n2)cc(C(F)(F)F)c1. The second-order valence-electron chi connectivity index (χ2n) is 5.29. The van der Waals surface area contributed by atoms with E-state index in [1.807, 2.05) is 0 Å². The molecule has 0 aliphatic heterocycles. The number of halogens is 5. The van der Waals surface area contributed by atoms with Gasteiger partial charge in [-0.2, -0.15) is 13.2 Å². The first kappa shape index (κ1) is 19.1. The number of rotatable bonds is 5. The van der Waals surface area contributed by atoms with Crippen molar-refractivity contribution < 1.29 is 22.4 Å². The Morgan fingerprint density at radius 1 is 1.40 bits per heavy atom. The van der Waals surface area contributed by atoms with E-state index in [0.29, 0.717) is 0 Å². The molecule has 5 nitrogen and oxygen atoms in total. The van der Waals surface area contributed by atoms with Gasteiger partial charge in [0.25, 0.3) is 5.91 Å². The van der Waals surface area contributed by atoms with Gasteiger partial charge in [-0.25, -0.2) is 14.1 Å². The Bertz CT molecular complexity index is 814. The molecule has 0 aliphatic carbocycles. The van der Waals surface area contributed by atoms with Gasteiger partial charge < -0.3 is 5.73 Å². The zero-order valence-corrected chi connectivity index (χ0v) is 14.5. The summed E-state index contributed by atoms with van der Waals surface area (Å²) in [5, 5.41) is 3.98. The van der Waals surface area contributed by atoms with Crippen LogP contribution >= 0.6 is 15.9 Å². The van der Waals surface area contributed by atoms with Crippen molar-refractivity contribution in [3.8, 4) is 11.4 Å². The number of aromatic nitrogens is 3.